The molecule has 0 saturated carbocycles. The number of nitrogens with zero attached hydrogens (tertiary/aromatic N) is 2. The number of azo groups is 1. The predicted molar refractivity (Wildman–Crippen MR) is 121 cm³/mol. The van der Waals surface area contributed by atoms with Gasteiger partial charge in [-0.1, -0.05) is 11.6 Å². The maximum Gasteiger partial charge on any atom is 0.259 e. The van der Waals surface area contributed by atoms with Crippen molar-refractivity contribution in [1.82, 2.24) is 0 Å². The molecule has 1 unspecified atom stereocenters. The number of anilines is 1. The van der Waals surface area contributed by atoms with Crippen LogP contribution in [0.1, 0.15) is 20.8 Å². The zero-order valence-electron chi connectivity index (χ0n) is 18.6. The summed E-state index contributed by atoms with van der Waals surface area (Å²) in [4.78, 5) is 25.1. The third-order valence-corrected chi connectivity index (χ3v) is 4.40. The van der Waals surface area contributed by atoms with E-state index in [0.717, 1.165) is 0 Å². The van der Waals surface area contributed by atoms with Crippen molar-refractivity contribution < 1.29 is 28.5 Å². The van der Waals surface area contributed by atoms with Crippen LogP contribution in [0.5, 0.6) is 23.0 Å². The van der Waals surface area contributed by atoms with Crippen LogP contribution >= 0.6 is 11.6 Å². The molecule has 0 radical (unpaired) electrons. The van der Waals surface area contributed by atoms with E-state index >= 15 is 0 Å². The molecule has 1 amide bonds. The normalized spacial score (nSPS) is 11.7. The summed E-state index contributed by atoms with van der Waals surface area (Å²) in [6, 6.07) is 6.59. The smallest absolute Gasteiger partial charge is 0.259 e. The summed E-state index contributed by atoms with van der Waals surface area (Å²) in [5.41, 5.74) is 0.593. The van der Waals surface area contributed by atoms with Gasteiger partial charge < -0.3 is 24.3 Å². The third-order valence-electron chi connectivity index (χ3n) is 4.18. The van der Waals surface area contributed by atoms with Gasteiger partial charge in [0.2, 0.25) is 6.04 Å². The molecule has 0 saturated heterocycles. The molecule has 0 fully saturated rings. The van der Waals surface area contributed by atoms with E-state index in [1.165, 1.54) is 21.1 Å². The molecule has 2 rings (SSSR count). The second-order valence-corrected chi connectivity index (χ2v) is 6.84. The molecule has 32 heavy (non-hydrogen) atoms. The predicted octanol–water partition coefficient (Wildman–Crippen LogP) is 4.83. The Morgan fingerprint density at radius 3 is 2.12 bits per heavy atom. The van der Waals surface area contributed by atoms with Gasteiger partial charge in [0.25, 0.3) is 5.91 Å². The van der Waals surface area contributed by atoms with Crippen LogP contribution in [-0.2, 0) is 9.59 Å². The van der Waals surface area contributed by atoms with E-state index in [1.54, 1.807) is 44.2 Å². The summed E-state index contributed by atoms with van der Waals surface area (Å²) in [6.07, 6.45) is 0. The first-order valence-electron chi connectivity index (χ1n) is 9.87. The number of carbonyl (C=O) groups is 2. The SMILES string of the molecule is CCOc1cc(Cl)cc(OCC)c1NC(=O)C(N=Nc1ccc(OC)cc1OC)C(C)=O. The Morgan fingerprint density at radius 1 is 1.00 bits per heavy atom. The van der Waals surface area contributed by atoms with Crippen LogP contribution in [0.3, 0.4) is 0 Å². The monoisotopic (exact) mass is 463 g/mol. The number of nitrogens with one attached hydrogen (secondary N) is 1. The minimum atomic E-state index is -1.40. The van der Waals surface area contributed by atoms with Crippen molar-refractivity contribution in [2.24, 2.45) is 10.2 Å². The van der Waals surface area contributed by atoms with Gasteiger partial charge in [0, 0.05) is 23.2 Å². The van der Waals surface area contributed by atoms with E-state index in [9.17, 15) is 9.59 Å². The molecule has 0 aromatic heterocycles. The van der Waals surface area contributed by atoms with E-state index in [0.29, 0.717) is 46.9 Å². The minimum absolute atomic E-state index is 0.256. The molecule has 0 aliphatic carbocycles. The van der Waals surface area contributed by atoms with E-state index < -0.39 is 17.7 Å². The lowest BCUT2D eigenvalue weighted by atomic mass is 10.2. The highest BCUT2D eigenvalue weighted by atomic mass is 35.5. The lowest BCUT2D eigenvalue weighted by Crippen LogP contribution is -2.32. The largest absolute Gasteiger partial charge is 0.497 e. The molecule has 2 aromatic rings. The highest BCUT2D eigenvalue weighted by molar-refractivity contribution is 6.31. The number of methoxy groups -OCH3 is 2. The number of hydrogen-bond acceptors (Lipinski definition) is 8. The van der Waals surface area contributed by atoms with E-state index in [-0.39, 0.29) is 5.69 Å². The first-order chi connectivity index (χ1) is 15.3. The van der Waals surface area contributed by atoms with Crippen LogP contribution in [0.4, 0.5) is 11.4 Å². The Hall–Kier alpha value is -3.33. The molecule has 0 aliphatic heterocycles. The van der Waals surface area contributed by atoms with Crippen molar-refractivity contribution in [3.05, 3.63) is 35.4 Å². The average molecular weight is 464 g/mol. The van der Waals surface area contributed by atoms with E-state index in [2.05, 4.69) is 15.5 Å². The highest BCUT2D eigenvalue weighted by Crippen LogP contribution is 2.38. The Labute approximate surface area is 191 Å². The van der Waals surface area contributed by atoms with Crippen LogP contribution < -0.4 is 24.3 Å². The Bertz CT molecular complexity index is 969. The second kappa shape index (κ2) is 11.9. The van der Waals surface area contributed by atoms with Crippen LogP contribution in [0, 0.1) is 0 Å². The van der Waals surface area contributed by atoms with Crippen LogP contribution in [-0.4, -0.2) is 45.2 Å². The molecule has 172 valence electrons. The van der Waals surface area contributed by atoms with Crippen molar-refractivity contribution in [2.75, 3.05) is 32.8 Å². The summed E-state index contributed by atoms with van der Waals surface area (Å²) in [5.74, 6) is 0.379. The van der Waals surface area contributed by atoms with Gasteiger partial charge in [-0.2, -0.15) is 10.2 Å². The van der Waals surface area contributed by atoms with Gasteiger partial charge in [-0.05, 0) is 32.9 Å². The molecule has 0 spiro atoms. The summed E-state index contributed by atoms with van der Waals surface area (Å²) >= 11 is 6.13. The van der Waals surface area contributed by atoms with E-state index in [1.807, 2.05) is 0 Å². The third kappa shape index (κ3) is 6.34. The molecule has 0 aliphatic rings. The zero-order valence-corrected chi connectivity index (χ0v) is 19.4. The number of benzene rings is 2. The van der Waals surface area contributed by atoms with Crippen molar-refractivity contribution in [1.29, 1.82) is 0 Å². The van der Waals surface area contributed by atoms with Gasteiger partial charge in [-0.3, -0.25) is 9.59 Å². The summed E-state index contributed by atoms with van der Waals surface area (Å²) in [6.45, 7) is 5.51. The Kier molecular flexibility index (Phi) is 9.27. The molecule has 1 atom stereocenters. The summed E-state index contributed by atoms with van der Waals surface area (Å²) in [5, 5.41) is 11.1. The standard InChI is InChI=1S/C22H26ClN3O6/c1-6-31-18-10-14(23)11-19(32-7-2)21(18)24-22(28)20(13(3)27)26-25-16-9-8-15(29-4)12-17(16)30-5/h8-12,20H,6-7H2,1-5H3,(H,24,28). The molecule has 0 heterocycles. The molecule has 1 N–H and O–H groups in total. The van der Waals surface area contributed by atoms with Crippen molar-refractivity contribution >= 4 is 34.7 Å². The second-order valence-electron chi connectivity index (χ2n) is 6.40. The number of halogens is 1. The fourth-order valence-corrected chi connectivity index (χ4v) is 2.92. The molecular formula is C22H26ClN3O6. The molecule has 0 bridgehead atoms. The first-order valence-corrected chi connectivity index (χ1v) is 10.3. The topological polar surface area (TPSA) is 108 Å². The quantitative estimate of drug-likeness (QED) is 0.377. The highest BCUT2D eigenvalue weighted by Gasteiger charge is 2.26. The van der Waals surface area contributed by atoms with Crippen LogP contribution in [0.25, 0.3) is 0 Å². The number of rotatable bonds is 11. The van der Waals surface area contributed by atoms with Crippen molar-refractivity contribution in [3.8, 4) is 23.0 Å². The number of carbonyl (C=O) groups excluding carboxylic acids is 2. The minimum Gasteiger partial charge on any atom is -0.497 e. The van der Waals surface area contributed by atoms with E-state index in [4.69, 9.17) is 30.5 Å². The number of Topliss-reactive ketones (excluding diaryl/α,β-unsaturated/α-hetero) is 1. The van der Waals surface area contributed by atoms with Gasteiger partial charge in [0.1, 0.15) is 34.4 Å². The molecule has 9 nitrogen and oxygen atoms in total. The Balaban J connectivity index is 2.36. The lowest BCUT2D eigenvalue weighted by Gasteiger charge is -2.17. The van der Waals surface area contributed by atoms with Gasteiger partial charge in [-0.15, -0.1) is 0 Å². The fraction of sp³-hybridized carbons (Fsp3) is 0.364. The average Bonchev–Trinajstić information content (AvgIpc) is 2.76. The number of ketones is 1. The molecule has 2 aromatic carbocycles. The summed E-state index contributed by atoms with van der Waals surface area (Å²) in [7, 11) is 2.99. The fourth-order valence-electron chi connectivity index (χ4n) is 2.72. The first kappa shape index (κ1) is 24.9. The van der Waals surface area contributed by atoms with Crippen LogP contribution in [0.15, 0.2) is 40.6 Å². The Morgan fingerprint density at radius 2 is 1.62 bits per heavy atom. The number of ether oxygens (including phenoxy) is 4. The summed E-state index contributed by atoms with van der Waals surface area (Å²) < 4.78 is 21.6. The van der Waals surface area contributed by atoms with Crippen molar-refractivity contribution in [2.45, 2.75) is 26.8 Å². The maximum absolute atomic E-state index is 12.9. The zero-order chi connectivity index (χ0) is 23.7. The molecular weight excluding hydrogens is 438 g/mol. The van der Waals surface area contributed by atoms with Gasteiger partial charge in [0.05, 0.1) is 27.4 Å². The lowest BCUT2D eigenvalue weighted by molar-refractivity contribution is -0.126. The van der Waals surface area contributed by atoms with Crippen molar-refractivity contribution in [3.63, 3.8) is 0 Å². The number of amides is 1. The van der Waals surface area contributed by atoms with Gasteiger partial charge in [0.15, 0.2) is 5.78 Å². The van der Waals surface area contributed by atoms with Gasteiger partial charge in [-0.25, -0.2) is 0 Å². The maximum atomic E-state index is 12.9. The molecule has 10 heteroatoms. The van der Waals surface area contributed by atoms with Crippen LogP contribution in [0.2, 0.25) is 5.02 Å². The van der Waals surface area contributed by atoms with Gasteiger partial charge >= 0.3 is 0 Å². The number of hydrogen-bond donors (Lipinski definition) is 1.